The molecule has 0 fully saturated rings. The molecule has 8 nitrogen and oxygen atoms in total. The first-order chi connectivity index (χ1) is 14.8. The van der Waals surface area contributed by atoms with Crippen molar-refractivity contribution in [3.63, 3.8) is 0 Å². The van der Waals surface area contributed by atoms with E-state index in [9.17, 15) is 0 Å². The number of fused-ring (bicyclic) bond motifs is 3. The summed E-state index contributed by atoms with van der Waals surface area (Å²) in [6.07, 6.45) is 15.1. The van der Waals surface area contributed by atoms with Crippen molar-refractivity contribution in [2.24, 2.45) is 7.05 Å². The maximum absolute atomic E-state index is 4.63. The van der Waals surface area contributed by atoms with Gasteiger partial charge in [0.1, 0.15) is 0 Å². The van der Waals surface area contributed by atoms with E-state index in [0.717, 1.165) is 38.6 Å². The highest BCUT2D eigenvalue weighted by molar-refractivity contribution is 5.83. The van der Waals surface area contributed by atoms with Crippen LogP contribution in [0.4, 0.5) is 0 Å². The molecule has 0 radical (unpaired) electrons. The van der Waals surface area contributed by atoms with Crippen LogP contribution in [0.1, 0.15) is 11.1 Å². The van der Waals surface area contributed by atoms with Crippen molar-refractivity contribution in [3.05, 3.63) is 78.9 Å². The summed E-state index contributed by atoms with van der Waals surface area (Å²) in [7, 11) is 2.03. The van der Waals surface area contributed by atoms with E-state index in [1.54, 1.807) is 6.20 Å². The Kier molecular flexibility index (Phi) is 3.64. The van der Waals surface area contributed by atoms with Gasteiger partial charge in [0.15, 0.2) is 5.65 Å². The van der Waals surface area contributed by atoms with Crippen molar-refractivity contribution in [1.29, 1.82) is 0 Å². The topological polar surface area (TPSA) is 79.2 Å². The van der Waals surface area contributed by atoms with Crippen molar-refractivity contribution in [2.45, 2.75) is 13.1 Å². The molecule has 0 saturated carbocycles. The third-order valence-electron chi connectivity index (χ3n) is 5.61. The van der Waals surface area contributed by atoms with Gasteiger partial charge in [0.05, 0.1) is 48.9 Å². The molecule has 6 heterocycles. The second-order valence-corrected chi connectivity index (χ2v) is 7.40. The van der Waals surface area contributed by atoms with Crippen LogP contribution in [0.5, 0.6) is 0 Å². The van der Waals surface area contributed by atoms with Crippen LogP contribution in [0.2, 0.25) is 0 Å². The molecule has 0 N–H and O–H groups in total. The summed E-state index contributed by atoms with van der Waals surface area (Å²) in [5, 5.41) is 12.4. The number of rotatable bonds is 4. The summed E-state index contributed by atoms with van der Waals surface area (Å²) in [6.45, 7) is 1.25. The highest BCUT2D eigenvalue weighted by atomic mass is 15.3. The Morgan fingerprint density at radius 1 is 0.733 bits per heavy atom. The van der Waals surface area contributed by atoms with Gasteiger partial charge < -0.3 is 4.57 Å². The van der Waals surface area contributed by atoms with Crippen LogP contribution in [0, 0.1) is 0 Å². The van der Waals surface area contributed by atoms with Gasteiger partial charge in [-0.05, 0) is 23.8 Å². The third kappa shape index (κ3) is 2.57. The quantitative estimate of drug-likeness (QED) is 0.459. The fourth-order valence-electron chi connectivity index (χ4n) is 4.01. The molecule has 8 heteroatoms. The second kappa shape index (κ2) is 6.48. The first-order valence-electron chi connectivity index (χ1n) is 9.71. The Balaban J connectivity index is 1.39. The summed E-state index contributed by atoms with van der Waals surface area (Å²) in [5.74, 6) is 0. The lowest BCUT2D eigenvalue weighted by Gasteiger charge is -2.07. The van der Waals surface area contributed by atoms with Crippen molar-refractivity contribution in [1.82, 2.24) is 39.1 Å². The van der Waals surface area contributed by atoms with Crippen molar-refractivity contribution < 1.29 is 0 Å². The molecule has 0 bridgehead atoms. The second-order valence-electron chi connectivity index (χ2n) is 7.40. The van der Waals surface area contributed by atoms with E-state index >= 15 is 0 Å². The SMILES string of the molecule is Cn1ccc2c(Cn3ncc4c(Cn5ncc6ccncc65)ccnc43)cncc21. The van der Waals surface area contributed by atoms with Gasteiger partial charge in [-0.1, -0.05) is 0 Å². The largest absolute Gasteiger partial charge is 0.349 e. The average Bonchev–Trinajstić information content (AvgIpc) is 3.48. The molecular formula is C22H18N8. The van der Waals surface area contributed by atoms with Gasteiger partial charge in [-0.3, -0.25) is 14.6 Å². The van der Waals surface area contributed by atoms with Crippen LogP contribution in [0.25, 0.3) is 32.8 Å². The summed E-state index contributed by atoms with van der Waals surface area (Å²) >= 11 is 0. The molecule has 30 heavy (non-hydrogen) atoms. The Labute approximate surface area is 171 Å². The zero-order valence-electron chi connectivity index (χ0n) is 16.3. The summed E-state index contributed by atoms with van der Waals surface area (Å²) in [4.78, 5) is 13.2. The standard InChI is InChI=1S/C22H18N8/c1-28-7-4-18-17(8-24-12-21(18)28)14-30-22-19(10-27-30)16(3-6-25-22)13-29-20-11-23-5-2-15(20)9-26-29/h2-12H,13-14H2,1H3. The lowest BCUT2D eigenvalue weighted by Crippen LogP contribution is -2.05. The molecule has 6 aromatic heterocycles. The van der Waals surface area contributed by atoms with Crippen LogP contribution in [-0.4, -0.2) is 39.1 Å². The van der Waals surface area contributed by atoms with E-state index in [4.69, 9.17) is 0 Å². The van der Waals surface area contributed by atoms with Crippen LogP contribution in [0.15, 0.2) is 67.8 Å². The van der Waals surface area contributed by atoms with E-state index in [0.29, 0.717) is 13.1 Å². The minimum atomic E-state index is 0.614. The van der Waals surface area contributed by atoms with Gasteiger partial charge in [0.25, 0.3) is 0 Å². The van der Waals surface area contributed by atoms with Crippen LogP contribution < -0.4 is 0 Å². The highest BCUT2D eigenvalue weighted by Gasteiger charge is 2.13. The van der Waals surface area contributed by atoms with Crippen molar-refractivity contribution in [3.8, 4) is 0 Å². The maximum Gasteiger partial charge on any atom is 0.158 e. The van der Waals surface area contributed by atoms with E-state index in [1.165, 1.54) is 5.39 Å². The minimum Gasteiger partial charge on any atom is -0.349 e. The van der Waals surface area contributed by atoms with Gasteiger partial charge in [-0.2, -0.15) is 10.2 Å². The van der Waals surface area contributed by atoms with Crippen LogP contribution >= 0.6 is 0 Å². The molecule has 0 amide bonds. The third-order valence-corrected chi connectivity index (χ3v) is 5.61. The van der Waals surface area contributed by atoms with Crippen LogP contribution in [0.3, 0.4) is 0 Å². The number of hydrogen-bond acceptors (Lipinski definition) is 5. The summed E-state index contributed by atoms with van der Waals surface area (Å²) in [5.41, 5.74) is 5.22. The van der Waals surface area contributed by atoms with Crippen LogP contribution in [-0.2, 0) is 20.1 Å². The summed E-state index contributed by atoms with van der Waals surface area (Å²) in [6, 6.07) is 6.11. The average molecular weight is 394 g/mol. The zero-order valence-corrected chi connectivity index (χ0v) is 16.3. The highest BCUT2D eigenvalue weighted by Crippen LogP contribution is 2.23. The lowest BCUT2D eigenvalue weighted by atomic mass is 10.2. The van der Waals surface area contributed by atoms with Gasteiger partial charge >= 0.3 is 0 Å². The van der Waals surface area contributed by atoms with Crippen molar-refractivity contribution in [2.75, 3.05) is 0 Å². The number of pyridine rings is 3. The first-order valence-corrected chi connectivity index (χ1v) is 9.71. The molecule has 6 rings (SSSR count). The zero-order chi connectivity index (χ0) is 20.1. The lowest BCUT2D eigenvalue weighted by molar-refractivity contribution is 0.704. The molecule has 0 saturated heterocycles. The number of aromatic nitrogens is 8. The molecule has 146 valence electrons. The molecule has 0 unspecified atom stereocenters. The van der Waals surface area contributed by atoms with Gasteiger partial charge in [0, 0.05) is 53.6 Å². The van der Waals surface area contributed by atoms with Gasteiger partial charge in [-0.15, -0.1) is 0 Å². The number of aryl methyl sites for hydroxylation is 1. The molecule has 0 atom stereocenters. The number of nitrogens with zero attached hydrogens (tertiary/aromatic N) is 8. The molecule has 0 aliphatic heterocycles. The van der Waals surface area contributed by atoms with E-state index < -0.39 is 0 Å². The fraction of sp³-hybridized carbons (Fsp3) is 0.136. The molecule has 0 aliphatic carbocycles. The Hall–Kier alpha value is -4.07. The van der Waals surface area contributed by atoms with Gasteiger partial charge in [0.2, 0.25) is 0 Å². The van der Waals surface area contributed by atoms with E-state index in [-0.39, 0.29) is 0 Å². The van der Waals surface area contributed by atoms with E-state index in [2.05, 4.69) is 42.0 Å². The maximum atomic E-state index is 4.63. The van der Waals surface area contributed by atoms with E-state index in [1.807, 2.05) is 65.7 Å². The van der Waals surface area contributed by atoms with Crippen molar-refractivity contribution >= 4 is 32.8 Å². The number of hydrogen-bond donors (Lipinski definition) is 0. The molecule has 6 aromatic rings. The smallest absolute Gasteiger partial charge is 0.158 e. The molecule has 0 aromatic carbocycles. The Morgan fingerprint density at radius 2 is 1.60 bits per heavy atom. The first kappa shape index (κ1) is 16.8. The molecular weight excluding hydrogens is 376 g/mol. The Bertz CT molecular complexity index is 1520. The molecule has 0 aliphatic rings. The Morgan fingerprint density at radius 3 is 2.57 bits per heavy atom. The predicted molar refractivity (Wildman–Crippen MR) is 114 cm³/mol. The fourth-order valence-corrected chi connectivity index (χ4v) is 4.01. The normalized spacial score (nSPS) is 11.8. The summed E-state index contributed by atoms with van der Waals surface area (Å²) < 4.78 is 5.97. The minimum absolute atomic E-state index is 0.614. The monoisotopic (exact) mass is 394 g/mol. The van der Waals surface area contributed by atoms with Gasteiger partial charge in [-0.25, -0.2) is 9.67 Å². The molecule has 0 spiro atoms. The predicted octanol–water partition coefficient (Wildman–Crippen LogP) is 3.16.